The molecular formula is C20H29N3O3. The molecular weight excluding hydrogens is 330 g/mol. The maximum Gasteiger partial charge on any atom is 0.310 e. The van der Waals surface area contributed by atoms with Gasteiger partial charge in [0.15, 0.2) is 5.96 Å². The number of hydrogen-bond acceptors (Lipinski definition) is 4. The van der Waals surface area contributed by atoms with E-state index in [1.54, 1.807) is 13.1 Å². The molecule has 2 unspecified atom stereocenters. The predicted octanol–water partition coefficient (Wildman–Crippen LogP) is 2.09. The van der Waals surface area contributed by atoms with E-state index in [9.17, 15) is 9.90 Å². The van der Waals surface area contributed by atoms with Crippen molar-refractivity contribution in [1.82, 2.24) is 10.2 Å². The van der Waals surface area contributed by atoms with E-state index in [-0.39, 0.29) is 17.8 Å². The second-order valence-electron chi connectivity index (χ2n) is 7.32. The van der Waals surface area contributed by atoms with Gasteiger partial charge in [0.25, 0.3) is 0 Å². The van der Waals surface area contributed by atoms with Crippen LogP contribution in [0.5, 0.6) is 5.75 Å². The molecule has 0 bridgehead atoms. The number of rotatable bonds is 3. The summed E-state index contributed by atoms with van der Waals surface area (Å²) < 4.78 is 4.91. The number of fused-ring (bicyclic) bond motifs is 1. The van der Waals surface area contributed by atoms with Crippen molar-refractivity contribution in [1.29, 1.82) is 0 Å². The molecule has 1 fully saturated rings. The van der Waals surface area contributed by atoms with E-state index in [2.05, 4.69) is 22.1 Å². The first-order valence-corrected chi connectivity index (χ1v) is 9.41. The van der Waals surface area contributed by atoms with Crippen LogP contribution in [-0.2, 0) is 28.9 Å². The van der Waals surface area contributed by atoms with Crippen LogP contribution in [0.2, 0.25) is 0 Å². The predicted molar refractivity (Wildman–Crippen MR) is 101 cm³/mol. The Bertz CT molecular complexity index is 702. The van der Waals surface area contributed by atoms with Crippen molar-refractivity contribution in [3.05, 3.63) is 28.8 Å². The van der Waals surface area contributed by atoms with Crippen LogP contribution >= 0.6 is 0 Å². The Morgan fingerprint density at radius 3 is 2.85 bits per heavy atom. The number of benzene rings is 1. The number of phenolic OH excluding ortho intramolecular Hbond substituents is 1. The van der Waals surface area contributed by atoms with Crippen LogP contribution in [0.1, 0.15) is 36.5 Å². The summed E-state index contributed by atoms with van der Waals surface area (Å²) in [5.41, 5.74) is 3.60. The van der Waals surface area contributed by atoms with E-state index < -0.39 is 0 Å². The second kappa shape index (κ2) is 7.98. The van der Waals surface area contributed by atoms with Gasteiger partial charge in [0, 0.05) is 32.2 Å². The number of likely N-dealkylation sites (tertiary alicyclic amines) is 1. The fourth-order valence-corrected chi connectivity index (χ4v) is 4.19. The number of esters is 1. The standard InChI is InChI=1S/C20H29N3O3/c1-13-11-23(12-17(13)19(25)26-3)20(21-2)22-10-16-15-7-5-4-6-14(15)8-9-18(16)24/h8-9,13,17,24H,4-7,10-12H2,1-3H3,(H,21,22). The minimum absolute atomic E-state index is 0.128. The molecule has 26 heavy (non-hydrogen) atoms. The third-order valence-electron chi connectivity index (χ3n) is 5.68. The highest BCUT2D eigenvalue weighted by Crippen LogP contribution is 2.30. The van der Waals surface area contributed by atoms with Gasteiger partial charge in [0.1, 0.15) is 5.75 Å². The Balaban J connectivity index is 1.70. The van der Waals surface area contributed by atoms with Crippen LogP contribution in [-0.4, -0.2) is 49.2 Å². The minimum atomic E-state index is -0.162. The van der Waals surface area contributed by atoms with Crippen LogP contribution in [0, 0.1) is 11.8 Å². The summed E-state index contributed by atoms with van der Waals surface area (Å²) >= 11 is 0. The van der Waals surface area contributed by atoms with E-state index in [1.807, 2.05) is 6.07 Å². The van der Waals surface area contributed by atoms with Gasteiger partial charge in [-0.05, 0) is 48.8 Å². The smallest absolute Gasteiger partial charge is 0.310 e. The van der Waals surface area contributed by atoms with E-state index in [4.69, 9.17) is 4.74 Å². The molecule has 0 aromatic heterocycles. The molecule has 2 aliphatic rings. The molecule has 142 valence electrons. The molecule has 0 radical (unpaired) electrons. The maximum atomic E-state index is 11.9. The lowest BCUT2D eigenvalue weighted by Gasteiger charge is -2.24. The summed E-state index contributed by atoms with van der Waals surface area (Å²) in [6, 6.07) is 3.85. The van der Waals surface area contributed by atoms with Crippen molar-refractivity contribution in [2.24, 2.45) is 16.8 Å². The van der Waals surface area contributed by atoms with Gasteiger partial charge < -0.3 is 20.1 Å². The maximum absolute atomic E-state index is 11.9. The van der Waals surface area contributed by atoms with Gasteiger partial charge in [-0.3, -0.25) is 9.79 Å². The minimum Gasteiger partial charge on any atom is -0.508 e. The lowest BCUT2D eigenvalue weighted by atomic mass is 9.88. The van der Waals surface area contributed by atoms with E-state index in [1.165, 1.54) is 31.1 Å². The number of ether oxygens (including phenoxy) is 1. The topological polar surface area (TPSA) is 74.2 Å². The number of carbonyl (C=O) groups is 1. The lowest BCUT2D eigenvalue weighted by Crippen LogP contribution is -2.40. The molecule has 1 aromatic carbocycles. The molecule has 1 aliphatic carbocycles. The first-order chi connectivity index (χ1) is 12.5. The SMILES string of the molecule is CN=C(NCc1c(O)ccc2c1CCCC2)N1CC(C)C(C(=O)OC)C1. The molecule has 1 heterocycles. The molecule has 0 amide bonds. The number of aryl methyl sites for hydroxylation is 1. The molecule has 2 atom stereocenters. The summed E-state index contributed by atoms with van der Waals surface area (Å²) in [7, 11) is 3.19. The Labute approximate surface area is 155 Å². The summed E-state index contributed by atoms with van der Waals surface area (Å²) in [6.45, 7) is 3.97. The molecule has 0 spiro atoms. The molecule has 1 aromatic rings. The van der Waals surface area contributed by atoms with Crippen LogP contribution in [0.3, 0.4) is 0 Å². The van der Waals surface area contributed by atoms with Gasteiger partial charge in [-0.2, -0.15) is 0 Å². The monoisotopic (exact) mass is 359 g/mol. The first-order valence-electron chi connectivity index (χ1n) is 9.41. The molecule has 3 rings (SSSR count). The van der Waals surface area contributed by atoms with Gasteiger partial charge in [-0.1, -0.05) is 13.0 Å². The van der Waals surface area contributed by atoms with Gasteiger partial charge in [-0.15, -0.1) is 0 Å². The van der Waals surface area contributed by atoms with E-state index >= 15 is 0 Å². The Kier molecular flexibility index (Phi) is 5.69. The zero-order valence-electron chi connectivity index (χ0n) is 15.9. The molecule has 2 N–H and O–H groups in total. The van der Waals surface area contributed by atoms with Gasteiger partial charge in [-0.25, -0.2) is 0 Å². The van der Waals surface area contributed by atoms with Gasteiger partial charge in [0.2, 0.25) is 0 Å². The third kappa shape index (κ3) is 3.64. The van der Waals surface area contributed by atoms with E-state index in [0.29, 0.717) is 18.8 Å². The summed E-state index contributed by atoms with van der Waals surface area (Å²) in [4.78, 5) is 18.4. The van der Waals surface area contributed by atoms with Crippen molar-refractivity contribution in [2.45, 2.75) is 39.2 Å². The van der Waals surface area contributed by atoms with Crippen LogP contribution < -0.4 is 5.32 Å². The van der Waals surface area contributed by atoms with E-state index in [0.717, 1.165) is 30.9 Å². The Morgan fingerprint density at radius 1 is 1.35 bits per heavy atom. The number of nitrogens with one attached hydrogen (secondary N) is 1. The normalized spacial score (nSPS) is 22.9. The highest BCUT2D eigenvalue weighted by molar-refractivity contribution is 5.82. The quantitative estimate of drug-likeness (QED) is 0.491. The number of aliphatic imine (C=N–C) groups is 1. The fraction of sp³-hybridized carbons (Fsp3) is 0.600. The zero-order valence-corrected chi connectivity index (χ0v) is 15.9. The van der Waals surface area contributed by atoms with Crippen molar-refractivity contribution in [2.75, 3.05) is 27.2 Å². The van der Waals surface area contributed by atoms with Crippen molar-refractivity contribution in [3.63, 3.8) is 0 Å². The number of aromatic hydroxyl groups is 1. The fourth-order valence-electron chi connectivity index (χ4n) is 4.19. The number of carbonyl (C=O) groups excluding carboxylic acids is 1. The highest BCUT2D eigenvalue weighted by atomic mass is 16.5. The number of phenols is 1. The lowest BCUT2D eigenvalue weighted by molar-refractivity contribution is -0.145. The summed E-state index contributed by atoms with van der Waals surface area (Å²) in [6.07, 6.45) is 4.49. The number of guanidine groups is 1. The summed E-state index contributed by atoms with van der Waals surface area (Å²) in [5, 5.41) is 13.7. The largest absolute Gasteiger partial charge is 0.508 e. The van der Waals surface area contributed by atoms with Crippen LogP contribution in [0.25, 0.3) is 0 Å². The first kappa shape index (κ1) is 18.5. The number of nitrogens with zero attached hydrogens (tertiary/aromatic N) is 2. The zero-order chi connectivity index (χ0) is 18.7. The average molecular weight is 359 g/mol. The average Bonchev–Trinajstić information content (AvgIpc) is 3.04. The Morgan fingerprint density at radius 2 is 2.12 bits per heavy atom. The molecule has 0 saturated carbocycles. The molecule has 6 heteroatoms. The van der Waals surface area contributed by atoms with Gasteiger partial charge >= 0.3 is 5.97 Å². The highest BCUT2D eigenvalue weighted by Gasteiger charge is 2.36. The van der Waals surface area contributed by atoms with Crippen molar-refractivity contribution in [3.8, 4) is 5.75 Å². The van der Waals surface area contributed by atoms with Crippen LogP contribution in [0.4, 0.5) is 0 Å². The van der Waals surface area contributed by atoms with Gasteiger partial charge in [0.05, 0.1) is 13.0 Å². The van der Waals surface area contributed by atoms with Crippen molar-refractivity contribution < 1.29 is 14.6 Å². The van der Waals surface area contributed by atoms with Crippen LogP contribution in [0.15, 0.2) is 17.1 Å². The molecule has 1 saturated heterocycles. The second-order valence-corrected chi connectivity index (χ2v) is 7.32. The number of methoxy groups -OCH3 is 1. The number of hydrogen-bond donors (Lipinski definition) is 2. The third-order valence-corrected chi connectivity index (χ3v) is 5.68. The van der Waals surface area contributed by atoms with Crippen molar-refractivity contribution >= 4 is 11.9 Å². The summed E-state index contributed by atoms with van der Waals surface area (Å²) in [5.74, 6) is 1.03. The Hall–Kier alpha value is -2.24. The molecule has 6 nitrogen and oxygen atoms in total. The molecule has 1 aliphatic heterocycles.